The molecule has 0 aliphatic heterocycles. The molecule has 1 saturated carbocycles. The van der Waals surface area contributed by atoms with Crippen molar-refractivity contribution in [2.75, 3.05) is 24.7 Å². The molecular formula is C20H27N7O2. The number of anilines is 3. The third kappa shape index (κ3) is 5.00. The van der Waals surface area contributed by atoms with E-state index in [-0.39, 0.29) is 29.5 Å². The summed E-state index contributed by atoms with van der Waals surface area (Å²) >= 11 is 0. The van der Waals surface area contributed by atoms with Crippen LogP contribution in [0.15, 0.2) is 30.5 Å². The van der Waals surface area contributed by atoms with Crippen molar-refractivity contribution in [1.29, 1.82) is 0 Å². The summed E-state index contributed by atoms with van der Waals surface area (Å²) in [5.74, 6) is 0.00216. The lowest BCUT2D eigenvalue weighted by atomic mass is 9.91. The number of rotatable bonds is 6. The second-order valence-electron chi connectivity index (χ2n) is 7.42. The second kappa shape index (κ2) is 8.87. The number of carbonyl (C=O) groups is 2. The highest BCUT2D eigenvalue weighted by Gasteiger charge is 2.23. The molecule has 2 aromatic rings. The van der Waals surface area contributed by atoms with Gasteiger partial charge in [-0.3, -0.25) is 9.59 Å². The fourth-order valence-electron chi connectivity index (χ4n) is 3.35. The van der Waals surface area contributed by atoms with Gasteiger partial charge in [0.05, 0.1) is 6.20 Å². The fraction of sp³-hybridized carbons (Fsp3) is 0.400. The van der Waals surface area contributed by atoms with E-state index < -0.39 is 5.91 Å². The van der Waals surface area contributed by atoms with E-state index in [4.69, 9.17) is 11.5 Å². The zero-order valence-electron chi connectivity index (χ0n) is 16.7. The van der Waals surface area contributed by atoms with Crippen LogP contribution in [-0.4, -0.2) is 52.9 Å². The fourth-order valence-corrected chi connectivity index (χ4v) is 3.35. The summed E-state index contributed by atoms with van der Waals surface area (Å²) in [4.78, 5) is 34.0. The van der Waals surface area contributed by atoms with Crippen LogP contribution < -0.4 is 22.1 Å². The van der Waals surface area contributed by atoms with Gasteiger partial charge in [-0.05, 0) is 37.1 Å². The van der Waals surface area contributed by atoms with E-state index in [1.54, 1.807) is 38.4 Å². The Balaban J connectivity index is 1.81. The number of carbonyl (C=O) groups excluding carboxylic acids is 2. The monoisotopic (exact) mass is 397 g/mol. The Labute approximate surface area is 169 Å². The molecule has 9 nitrogen and oxygen atoms in total. The van der Waals surface area contributed by atoms with Crippen molar-refractivity contribution in [1.82, 2.24) is 14.9 Å². The minimum atomic E-state index is -0.680. The lowest BCUT2D eigenvalue weighted by Gasteiger charge is -2.29. The molecule has 0 bridgehead atoms. The molecule has 6 N–H and O–H groups in total. The number of hydrogen-bond acceptors (Lipinski definition) is 7. The van der Waals surface area contributed by atoms with E-state index in [0.717, 1.165) is 25.7 Å². The Kier molecular flexibility index (Phi) is 6.28. The number of primary amides is 1. The maximum Gasteiger partial charge on any atom is 0.271 e. The molecule has 2 amide bonds. The molecule has 1 aromatic heterocycles. The van der Waals surface area contributed by atoms with E-state index in [2.05, 4.69) is 20.6 Å². The van der Waals surface area contributed by atoms with Crippen LogP contribution >= 0.6 is 0 Å². The van der Waals surface area contributed by atoms with Gasteiger partial charge in [-0.15, -0.1) is 0 Å². The number of aromatic nitrogens is 2. The van der Waals surface area contributed by atoms with Crippen LogP contribution in [0.2, 0.25) is 0 Å². The Morgan fingerprint density at radius 1 is 1.14 bits per heavy atom. The Bertz CT molecular complexity index is 883. The summed E-state index contributed by atoms with van der Waals surface area (Å²) in [5, 5.41) is 6.39. The van der Waals surface area contributed by atoms with E-state index >= 15 is 0 Å². The Morgan fingerprint density at radius 2 is 1.83 bits per heavy atom. The van der Waals surface area contributed by atoms with Crippen LogP contribution in [0.1, 0.15) is 46.5 Å². The molecule has 1 aliphatic carbocycles. The SMILES string of the molecule is CN(C)C(=O)c1ccc(Nc2nc(NC3CCCCC3N)cnc2C(N)=O)cc1. The van der Waals surface area contributed by atoms with Crippen molar-refractivity contribution in [3.05, 3.63) is 41.7 Å². The van der Waals surface area contributed by atoms with Crippen molar-refractivity contribution >= 4 is 29.1 Å². The van der Waals surface area contributed by atoms with Gasteiger partial charge in [-0.2, -0.15) is 0 Å². The lowest BCUT2D eigenvalue weighted by molar-refractivity contribution is 0.0827. The highest BCUT2D eigenvalue weighted by Crippen LogP contribution is 2.23. The molecule has 2 atom stereocenters. The molecule has 0 radical (unpaired) electrons. The van der Waals surface area contributed by atoms with E-state index in [9.17, 15) is 9.59 Å². The first-order chi connectivity index (χ1) is 13.8. The maximum atomic E-state index is 12.0. The van der Waals surface area contributed by atoms with Crippen LogP contribution in [0.5, 0.6) is 0 Å². The van der Waals surface area contributed by atoms with Crippen LogP contribution in [0, 0.1) is 0 Å². The third-order valence-corrected chi connectivity index (χ3v) is 4.96. The molecule has 0 saturated heterocycles. The number of benzene rings is 1. The van der Waals surface area contributed by atoms with Crippen molar-refractivity contribution in [3.8, 4) is 0 Å². The van der Waals surface area contributed by atoms with Crippen molar-refractivity contribution < 1.29 is 9.59 Å². The Hall–Kier alpha value is -3.20. The highest BCUT2D eigenvalue weighted by atomic mass is 16.2. The van der Waals surface area contributed by atoms with Crippen molar-refractivity contribution in [2.45, 2.75) is 37.8 Å². The normalized spacial score (nSPS) is 18.7. The smallest absolute Gasteiger partial charge is 0.271 e. The van der Waals surface area contributed by atoms with Crippen LogP contribution in [0.25, 0.3) is 0 Å². The highest BCUT2D eigenvalue weighted by molar-refractivity contribution is 5.97. The van der Waals surface area contributed by atoms with Gasteiger partial charge in [-0.25, -0.2) is 9.97 Å². The average Bonchev–Trinajstić information content (AvgIpc) is 2.69. The quantitative estimate of drug-likeness (QED) is 0.582. The average molecular weight is 397 g/mol. The third-order valence-electron chi connectivity index (χ3n) is 4.96. The summed E-state index contributed by atoms with van der Waals surface area (Å²) in [5.41, 5.74) is 12.9. The van der Waals surface area contributed by atoms with Crippen LogP contribution in [0.3, 0.4) is 0 Å². The molecule has 154 valence electrons. The largest absolute Gasteiger partial charge is 0.364 e. The van der Waals surface area contributed by atoms with E-state index in [0.29, 0.717) is 17.1 Å². The van der Waals surface area contributed by atoms with Crippen molar-refractivity contribution in [2.24, 2.45) is 11.5 Å². The zero-order chi connectivity index (χ0) is 21.0. The maximum absolute atomic E-state index is 12.0. The van der Waals surface area contributed by atoms with Gasteiger partial charge in [0.15, 0.2) is 11.5 Å². The van der Waals surface area contributed by atoms with Gasteiger partial charge >= 0.3 is 0 Å². The van der Waals surface area contributed by atoms with E-state index in [1.165, 1.54) is 11.1 Å². The number of amides is 2. The van der Waals surface area contributed by atoms with Gasteiger partial charge in [0, 0.05) is 37.4 Å². The predicted octanol–water partition coefficient (Wildman–Crippen LogP) is 1.70. The predicted molar refractivity (Wildman–Crippen MR) is 112 cm³/mol. The topological polar surface area (TPSA) is 139 Å². The molecule has 0 spiro atoms. The second-order valence-corrected chi connectivity index (χ2v) is 7.42. The van der Waals surface area contributed by atoms with Gasteiger partial charge in [0.2, 0.25) is 0 Å². The molecular weight excluding hydrogens is 370 g/mol. The van der Waals surface area contributed by atoms with Gasteiger partial charge in [0.1, 0.15) is 5.82 Å². The summed E-state index contributed by atoms with van der Waals surface area (Å²) in [6.07, 6.45) is 5.66. The molecule has 1 aliphatic rings. The van der Waals surface area contributed by atoms with Crippen LogP contribution in [0.4, 0.5) is 17.3 Å². The first-order valence-corrected chi connectivity index (χ1v) is 9.63. The summed E-state index contributed by atoms with van der Waals surface area (Å²) in [6, 6.07) is 7.04. The first-order valence-electron chi connectivity index (χ1n) is 9.63. The summed E-state index contributed by atoms with van der Waals surface area (Å²) in [7, 11) is 3.39. The molecule has 1 heterocycles. The lowest BCUT2D eigenvalue weighted by Crippen LogP contribution is -2.42. The standard InChI is InChI=1S/C20H27N7O2/c1-27(2)20(29)12-7-9-13(10-8-12)24-19-17(18(22)28)23-11-16(26-19)25-15-6-4-3-5-14(15)21/h7-11,14-15H,3-6,21H2,1-2H3,(H2,22,28)(H2,24,25,26). The van der Waals surface area contributed by atoms with Gasteiger partial charge in [-0.1, -0.05) is 12.8 Å². The van der Waals surface area contributed by atoms with Gasteiger partial charge < -0.3 is 27.0 Å². The molecule has 1 aromatic carbocycles. The molecule has 3 rings (SSSR count). The zero-order valence-corrected chi connectivity index (χ0v) is 16.7. The summed E-state index contributed by atoms with van der Waals surface area (Å²) in [6.45, 7) is 0. The molecule has 9 heteroatoms. The van der Waals surface area contributed by atoms with Crippen LogP contribution in [-0.2, 0) is 0 Å². The minimum absolute atomic E-state index is 0.0388. The summed E-state index contributed by atoms with van der Waals surface area (Å²) < 4.78 is 0. The first kappa shape index (κ1) is 20.5. The molecule has 29 heavy (non-hydrogen) atoms. The number of nitrogens with zero attached hydrogens (tertiary/aromatic N) is 3. The number of hydrogen-bond donors (Lipinski definition) is 4. The number of nitrogens with one attached hydrogen (secondary N) is 2. The molecule has 2 unspecified atom stereocenters. The van der Waals surface area contributed by atoms with E-state index in [1.807, 2.05) is 0 Å². The van der Waals surface area contributed by atoms with Gasteiger partial charge in [0.25, 0.3) is 11.8 Å². The number of nitrogens with two attached hydrogens (primary N) is 2. The molecule has 1 fully saturated rings. The Morgan fingerprint density at radius 3 is 2.45 bits per heavy atom. The van der Waals surface area contributed by atoms with Crippen molar-refractivity contribution in [3.63, 3.8) is 0 Å². The minimum Gasteiger partial charge on any atom is -0.364 e.